The van der Waals surface area contributed by atoms with Crippen LogP contribution in [0.25, 0.3) is 0 Å². The summed E-state index contributed by atoms with van der Waals surface area (Å²) >= 11 is 0. The molecule has 0 unspecified atom stereocenters. The van der Waals surface area contributed by atoms with Gasteiger partial charge in [0.15, 0.2) is 0 Å². The average Bonchev–Trinajstić information content (AvgIpc) is 2.27. The van der Waals surface area contributed by atoms with Crippen LogP contribution in [0, 0.1) is 5.92 Å². The van der Waals surface area contributed by atoms with E-state index in [2.05, 4.69) is 10.5 Å². The molecule has 1 heterocycles. The molecule has 0 radical (unpaired) electrons. The van der Waals surface area contributed by atoms with Crippen LogP contribution in [0.3, 0.4) is 0 Å². The molecule has 0 saturated carbocycles. The molecule has 0 bridgehead atoms. The number of nitrogens with one attached hydrogen (secondary N) is 1. The Bertz CT molecular complexity index is 312. The highest BCUT2D eigenvalue weighted by Crippen LogP contribution is 2.00. The fourth-order valence-electron chi connectivity index (χ4n) is 1.14. The Morgan fingerprint density at radius 3 is 3.00 bits per heavy atom. The van der Waals surface area contributed by atoms with Gasteiger partial charge in [0.25, 0.3) is 0 Å². The van der Waals surface area contributed by atoms with Crippen molar-refractivity contribution in [2.24, 2.45) is 5.92 Å². The fraction of sp³-hybridized carbons (Fsp3) is 0.500. The van der Waals surface area contributed by atoms with Crippen LogP contribution in [0.5, 0.6) is 0 Å². The molecule has 4 nitrogen and oxygen atoms in total. The largest absolute Gasteiger partial charge is 0.273 e. The van der Waals surface area contributed by atoms with Crippen molar-refractivity contribution >= 4 is 5.91 Å². The van der Waals surface area contributed by atoms with Crippen LogP contribution >= 0.6 is 0 Å². The first-order valence-corrected chi connectivity index (χ1v) is 5.48. The van der Waals surface area contributed by atoms with Crippen molar-refractivity contribution in [2.75, 3.05) is 6.61 Å². The maximum absolute atomic E-state index is 11.3. The molecule has 1 amide bonds. The molecule has 0 aliphatic carbocycles. The zero-order valence-corrected chi connectivity index (χ0v) is 9.77. The van der Waals surface area contributed by atoms with Gasteiger partial charge in [0.1, 0.15) is 0 Å². The molecule has 0 aliphatic heterocycles. The van der Waals surface area contributed by atoms with Crippen molar-refractivity contribution in [3.05, 3.63) is 30.1 Å². The topological polar surface area (TPSA) is 51.2 Å². The lowest BCUT2D eigenvalue weighted by atomic mass is 10.1. The minimum Gasteiger partial charge on any atom is -0.273 e. The molecule has 1 rings (SSSR count). The van der Waals surface area contributed by atoms with E-state index < -0.39 is 0 Å². The summed E-state index contributed by atoms with van der Waals surface area (Å²) in [5.41, 5.74) is 3.48. The van der Waals surface area contributed by atoms with Crippen LogP contribution in [0.2, 0.25) is 0 Å². The molecule has 88 valence electrons. The van der Waals surface area contributed by atoms with Crippen LogP contribution in [-0.2, 0) is 16.1 Å². The monoisotopic (exact) mass is 222 g/mol. The number of carbonyl (C=O) groups is 1. The van der Waals surface area contributed by atoms with Gasteiger partial charge in [-0.15, -0.1) is 0 Å². The van der Waals surface area contributed by atoms with Crippen molar-refractivity contribution < 1.29 is 9.63 Å². The van der Waals surface area contributed by atoms with Gasteiger partial charge in [0.05, 0.1) is 6.61 Å². The van der Waals surface area contributed by atoms with Crippen LogP contribution in [0.4, 0.5) is 0 Å². The lowest BCUT2D eigenvalue weighted by molar-refractivity contribution is -0.134. The van der Waals surface area contributed by atoms with Gasteiger partial charge in [-0.3, -0.25) is 14.6 Å². The van der Waals surface area contributed by atoms with E-state index in [0.717, 1.165) is 5.56 Å². The van der Waals surface area contributed by atoms with Crippen molar-refractivity contribution in [3.63, 3.8) is 0 Å². The molecular formula is C12H18N2O2. The third kappa shape index (κ3) is 5.46. The first-order chi connectivity index (χ1) is 7.68. The van der Waals surface area contributed by atoms with Gasteiger partial charge in [-0.1, -0.05) is 19.9 Å². The maximum Gasteiger partial charge on any atom is 0.243 e. The van der Waals surface area contributed by atoms with E-state index >= 15 is 0 Å². The van der Waals surface area contributed by atoms with Crippen molar-refractivity contribution in [1.29, 1.82) is 0 Å². The summed E-state index contributed by atoms with van der Waals surface area (Å²) in [6.07, 6.45) is 4.59. The molecule has 1 aromatic heterocycles. The Hall–Kier alpha value is -1.42. The van der Waals surface area contributed by atoms with Gasteiger partial charge in [-0.25, -0.2) is 5.48 Å². The lowest BCUT2D eigenvalue weighted by Crippen LogP contribution is -2.25. The quantitative estimate of drug-likeness (QED) is 0.745. The minimum atomic E-state index is -0.0931. The second kappa shape index (κ2) is 6.95. The number of pyridine rings is 1. The van der Waals surface area contributed by atoms with E-state index in [1.807, 2.05) is 26.0 Å². The average molecular weight is 222 g/mol. The van der Waals surface area contributed by atoms with Gasteiger partial charge in [0, 0.05) is 18.8 Å². The molecule has 1 N–H and O–H groups in total. The third-order valence-electron chi connectivity index (χ3n) is 1.97. The molecule has 16 heavy (non-hydrogen) atoms. The number of aromatic nitrogens is 1. The highest BCUT2D eigenvalue weighted by molar-refractivity contribution is 5.74. The number of rotatable bonds is 6. The maximum atomic E-state index is 11.3. The van der Waals surface area contributed by atoms with Gasteiger partial charge >= 0.3 is 0 Å². The van der Waals surface area contributed by atoms with Gasteiger partial charge in [-0.05, 0) is 24.0 Å². The zero-order valence-electron chi connectivity index (χ0n) is 9.77. The first kappa shape index (κ1) is 12.6. The summed E-state index contributed by atoms with van der Waals surface area (Å²) in [6.45, 7) is 4.60. The standard InChI is InChI=1S/C12H18N2O2/c1-10(2)9-16-14-12(15)6-5-11-4-3-7-13-8-11/h3-4,7-8,10H,5-6,9H2,1-2H3,(H,14,15). The van der Waals surface area contributed by atoms with Crippen molar-refractivity contribution in [3.8, 4) is 0 Å². The van der Waals surface area contributed by atoms with Crippen molar-refractivity contribution in [2.45, 2.75) is 26.7 Å². The SMILES string of the molecule is CC(C)CONC(=O)CCc1cccnc1. The van der Waals surface area contributed by atoms with E-state index in [1.165, 1.54) is 0 Å². The zero-order chi connectivity index (χ0) is 11.8. The lowest BCUT2D eigenvalue weighted by Gasteiger charge is -2.07. The van der Waals surface area contributed by atoms with Crippen LogP contribution in [0.15, 0.2) is 24.5 Å². The molecule has 0 spiro atoms. The van der Waals surface area contributed by atoms with Gasteiger partial charge < -0.3 is 0 Å². The molecule has 0 atom stereocenters. The summed E-state index contributed by atoms with van der Waals surface area (Å²) in [5.74, 6) is 0.322. The minimum absolute atomic E-state index is 0.0931. The highest BCUT2D eigenvalue weighted by Gasteiger charge is 2.02. The number of hydroxylamine groups is 1. The predicted octanol–water partition coefficient (Wildman–Crippen LogP) is 1.72. The number of aryl methyl sites for hydroxylation is 1. The normalized spacial score (nSPS) is 10.4. The van der Waals surface area contributed by atoms with E-state index in [0.29, 0.717) is 25.4 Å². The van der Waals surface area contributed by atoms with Crippen LogP contribution < -0.4 is 5.48 Å². The third-order valence-corrected chi connectivity index (χ3v) is 1.97. The predicted molar refractivity (Wildman–Crippen MR) is 61.5 cm³/mol. The first-order valence-electron chi connectivity index (χ1n) is 5.48. The molecule has 0 fully saturated rings. The molecule has 0 aromatic carbocycles. The summed E-state index contributed by atoms with van der Waals surface area (Å²) in [6, 6.07) is 3.82. The second-order valence-corrected chi connectivity index (χ2v) is 4.09. The summed E-state index contributed by atoms with van der Waals surface area (Å²) in [7, 11) is 0. The Morgan fingerprint density at radius 1 is 1.56 bits per heavy atom. The van der Waals surface area contributed by atoms with E-state index in [4.69, 9.17) is 4.84 Å². The number of carbonyl (C=O) groups excluding carboxylic acids is 1. The number of nitrogens with zero attached hydrogens (tertiary/aromatic N) is 1. The number of hydrogen-bond donors (Lipinski definition) is 1. The smallest absolute Gasteiger partial charge is 0.243 e. The molecular weight excluding hydrogens is 204 g/mol. The van der Waals surface area contributed by atoms with Gasteiger partial charge in [0.2, 0.25) is 5.91 Å². The van der Waals surface area contributed by atoms with Crippen LogP contribution in [-0.4, -0.2) is 17.5 Å². The van der Waals surface area contributed by atoms with E-state index in [9.17, 15) is 4.79 Å². The second-order valence-electron chi connectivity index (χ2n) is 4.09. The van der Waals surface area contributed by atoms with E-state index in [-0.39, 0.29) is 5.91 Å². The number of hydrogen-bond acceptors (Lipinski definition) is 3. The van der Waals surface area contributed by atoms with Crippen LogP contribution in [0.1, 0.15) is 25.8 Å². The van der Waals surface area contributed by atoms with E-state index in [1.54, 1.807) is 12.4 Å². The molecule has 0 saturated heterocycles. The van der Waals surface area contributed by atoms with Crippen molar-refractivity contribution in [1.82, 2.24) is 10.5 Å². The Labute approximate surface area is 96.0 Å². The molecule has 1 aromatic rings. The molecule has 0 aliphatic rings. The Kier molecular flexibility index (Phi) is 5.50. The summed E-state index contributed by atoms with van der Waals surface area (Å²) < 4.78 is 0. The summed E-state index contributed by atoms with van der Waals surface area (Å²) in [4.78, 5) is 20.4. The Morgan fingerprint density at radius 2 is 2.38 bits per heavy atom. The number of amides is 1. The Balaban J connectivity index is 2.16. The van der Waals surface area contributed by atoms with Gasteiger partial charge in [-0.2, -0.15) is 0 Å². The molecule has 4 heteroatoms. The fourth-order valence-corrected chi connectivity index (χ4v) is 1.14. The summed E-state index contributed by atoms with van der Waals surface area (Å²) in [5, 5.41) is 0. The highest BCUT2D eigenvalue weighted by atomic mass is 16.6.